The van der Waals surface area contributed by atoms with Gasteiger partial charge in [0.2, 0.25) is 0 Å². The molecule has 0 bridgehead atoms. The minimum Gasteiger partial charge on any atom is -0.465 e. The monoisotopic (exact) mass is 1500 g/mol. The Morgan fingerprint density at radius 1 is 0.222 bits per heavy atom. The third-order valence-electron chi connectivity index (χ3n) is 9.23. The van der Waals surface area contributed by atoms with E-state index in [0.717, 1.165) is 9.47 Å². The van der Waals surface area contributed by atoms with Gasteiger partial charge in [-0.3, -0.25) is 14.2 Å². The lowest BCUT2D eigenvalue weighted by Crippen LogP contribution is -2.82. The molecule has 0 aromatic rings. The van der Waals surface area contributed by atoms with Crippen LogP contribution in [0.3, 0.4) is 0 Å². The maximum absolute atomic E-state index is 14.2. The van der Waals surface area contributed by atoms with Gasteiger partial charge in [-0.2, -0.15) is 246 Å². The second-order valence-electron chi connectivity index (χ2n) is 15.3. The summed E-state index contributed by atoms with van der Waals surface area (Å²) in [7, 11) is -0.393. The number of hydrogen-bond acceptors (Lipinski definition) is 6. The van der Waals surface area contributed by atoms with Crippen LogP contribution in [0.4, 0.5) is 246 Å². The number of esters is 1. The summed E-state index contributed by atoms with van der Waals surface area (Å²) in [5.41, 5.74) is 0. The van der Waals surface area contributed by atoms with Crippen LogP contribution in [0.25, 0.3) is 0 Å². The molecule has 542 valence electrons. The van der Waals surface area contributed by atoms with Crippen LogP contribution in [0.2, 0.25) is 0 Å². The van der Waals surface area contributed by atoms with Crippen molar-refractivity contribution in [3.8, 4) is 0 Å². The molecule has 62 heteroatoms. The lowest BCUT2D eigenvalue weighted by molar-refractivity contribution is -0.578. The van der Waals surface area contributed by atoms with E-state index in [1.165, 1.54) is 0 Å². The van der Waals surface area contributed by atoms with Crippen LogP contribution < -0.4 is 0 Å². The van der Waals surface area contributed by atoms with E-state index in [2.05, 4.69) is 4.74 Å². The highest BCUT2D eigenvalue weighted by Crippen LogP contribution is 2.69. The van der Waals surface area contributed by atoms with Gasteiger partial charge in [0, 0.05) is 0 Å². The summed E-state index contributed by atoms with van der Waals surface area (Å²) in [4.78, 5) is 4.11. The van der Waals surface area contributed by atoms with Gasteiger partial charge in [-0.05, 0) is 0 Å². The van der Waals surface area contributed by atoms with E-state index in [1.807, 2.05) is 0 Å². The fourth-order valence-corrected chi connectivity index (χ4v) is 4.44. The molecule has 0 aromatic carbocycles. The predicted octanol–water partition coefficient (Wildman–Crippen LogP) is 17.3. The number of ether oxygens (including phenoxy) is 4. The number of alkyl halides is 56. The zero-order valence-corrected chi connectivity index (χ0v) is 38.2. The molecule has 0 fully saturated rings. The minimum atomic E-state index is -10.5. The molecule has 0 saturated heterocycles. The molecule has 0 aromatic heterocycles. The quantitative estimate of drug-likeness (QED) is 0.0612. The topological polar surface area (TPSA) is 57.2 Å². The summed E-state index contributed by atoms with van der Waals surface area (Å²) in [6.45, 7) is 0. The van der Waals surface area contributed by atoms with Gasteiger partial charge >= 0.3 is 162 Å². The summed E-state index contributed by atoms with van der Waals surface area (Å²) in [6.07, 6.45) is -83.4. The van der Waals surface area contributed by atoms with Crippen molar-refractivity contribution in [2.75, 3.05) is 7.11 Å². The number of carbonyl (C=O) groups excluding carboxylic acids is 1. The molecular weight excluding hydrogens is 1490 g/mol. The Morgan fingerprint density at radius 3 is 0.578 bits per heavy atom. The van der Waals surface area contributed by atoms with Gasteiger partial charge in [0.25, 0.3) is 0 Å². The molecule has 0 amide bonds. The Kier molecular flexibility index (Phi) is 21.9. The number of hydrogen-bond donors (Lipinski definition) is 0. The average molecular weight is 1500 g/mol. The molecule has 0 saturated carbocycles. The van der Waals surface area contributed by atoms with Crippen molar-refractivity contribution in [1.29, 1.82) is 0 Å². The SMILES string of the molecule is COC(=O)C(F)(OC(F)(F)C(F)(OC(F)(F)C(F)(OC(F)(F)C(F)(F)C(F)(F)F)C(F)(F)F)C(F)(F)F)C(F)(F)F.FC(F)(F)C(F)(F)C(F)(F)C(F)(F)C(F)(F)N(C(F)(F)C(F)(F)C(F)(F)C(F)(F)C(F)(F)F)C(F)(F)C(F)(F)C(F)(F)C(F)(F)C(F)(F)F. The third-order valence-corrected chi connectivity index (χ3v) is 9.23. The molecule has 0 spiro atoms. The lowest BCUT2D eigenvalue weighted by Gasteiger charge is -2.50. The molecule has 0 aliphatic carbocycles. The second kappa shape index (κ2) is 22.5. The van der Waals surface area contributed by atoms with Gasteiger partial charge in [-0.15, -0.1) is 4.90 Å². The van der Waals surface area contributed by atoms with E-state index in [4.69, 9.17) is 0 Å². The Bertz CT molecular complexity index is 2330. The molecule has 0 aliphatic heterocycles. The summed E-state index contributed by atoms with van der Waals surface area (Å²) in [6, 6.07) is -31.4. The molecular formula is C28H3F56NO5. The Hall–Kier alpha value is -4.61. The molecule has 3 unspecified atom stereocenters. The van der Waals surface area contributed by atoms with Gasteiger partial charge in [0.05, 0.1) is 7.11 Å². The van der Waals surface area contributed by atoms with E-state index in [0.29, 0.717) is 0 Å². The molecule has 0 radical (unpaired) electrons. The standard InChI is InChI=1S/C15F33N.C13H3F23O5/c16-1(17,4(22,23)10(34,35)36)7(28,29)13(43,44)49(14(45,46)8(30,31)2(18,19)5(24,25)11(37,38)39)15(47,48)9(32,33)3(20,21)6(26,27)12(40,41)42;1-38-2(37)3(14,7(19,20)21)39-12(33,34)5(17,9(25,26)27)41-13(35,36)6(18,10(28,29)30)40-11(31,32)4(15,16)8(22,23)24/h;1H3. The first-order chi connectivity index (χ1) is 37.7. The molecule has 90 heavy (non-hydrogen) atoms. The molecule has 0 N–H and O–H groups in total. The van der Waals surface area contributed by atoms with E-state index in [-0.39, 0.29) is 0 Å². The summed E-state index contributed by atoms with van der Waals surface area (Å²) in [5.74, 6) is -124. The fourth-order valence-electron chi connectivity index (χ4n) is 4.44. The molecule has 0 heterocycles. The van der Waals surface area contributed by atoms with Gasteiger partial charge in [-0.25, -0.2) is 4.79 Å². The number of halogens is 56. The van der Waals surface area contributed by atoms with Crippen molar-refractivity contribution in [3.63, 3.8) is 0 Å². The van der Waals surface area contributed by atoms with E-state index < -0.39 is 174 Å². The second-order valence-corrected chi connectivity index (χ2v) is 15.3. The predicted molar refractivity (Wildman–Crippen MR) is 150 cm³/mol. The van der Waals surface area contributed by atoms with E-state index >= 15 is 0 Å². The first kappa shape index (κ1) is 87.5. The normalized spacial score (nSPS) is 18.4. The van der Waals surface area contributed by atoms with Crippen molar-refractivity contribution >= 4 is 5.97 Å². The first-order valence-electron chi connectivity index (χ1n) is 18.3. The summed E-state index contributed by atoms with van der Waals surface area (Å²) in [5, 5.41) is 0. The molecule has 3 atom stereocenters. The van der Waals surface area contributed by atoms with Crippen molar-refractivity contribution in [1.82, 2.24) is 4.90 Å². The van der Waals surface area contributed by atoms with Crippen LogP contribution >= 0.6 is 0 Å². The maximum atomic E-state index is 14.2. The van der Waals surface area contributed by atoms with Crippen molar-refractivity contribution in [2.45, 2.75) is 156 Å². The molecule has 0 aliphatic rings. The summed E-state index contributed by atoms with van der Waals surface area (Å²) < 4.78 is 742. The highest BCUT2D eigenvalue weighted by molar-refractivity contribution is 5.78. The van der Waals surface area contributed by atoms with Crippen LogP contribution in [-0.2, 0) is 23.7 Å². The number of rotatable bonds is 22. The third kappa shape index (κ3) is 12.8. The largest absolute Gasteiger partial charge is 0.465 e. The maximum Gasteiger partial charge on any atom is 0.462 e. The zero-order chi connectivity index (χ0) is 75.0. The number of nitrogens with zero attached hydrogens (tertiary/aromatic N) is 1. The Balaban J connectivity index is 0. The van der Waals surface area contributed by atoms with Crippen molar-refractivity contribution < 1.29 is 270 Å². The smallest absolute Gasteiger partial charge is 0.462 e. The number of methoxy groups -OCH3 is 1. The Morgan fingerprint density at radius 2 is 0.411 bits per heavy atom. The average Bonchev–Trinajstić information content (AvgIpc) is 0.683. The van der Waals surface area contributed by atoms with Crippen LogP contribution in [0, 0.1) is 0 Å². The van der Waals surface area contributed by atoms with Gasteiger partial charge in [0.1, 0.15) is 0 Å². The van der Waals surface area contributed by atoms with Gasteiger partial charge < -0.3 is 4.74 Å². The lowest BCUT2D eigenvalue weighted by atomic mass is 9.94. The van der Waals surface area contributed by atoms with Gasteiger partial charge in [0.15, 0.2) is 0 Å². The van der Waals surface area contributed by atoms with Crippen LogP contribution in [0.1, 0.15) is 0 Å². The molecule has 6 nitrogen and oxygen atoms in total. The van der Waals surface area contributed by atoms with Crippen molar-refractivity contribution in [3.05, 3.63) is 0 Å². The van der Waals surface area contributed by atoms with E-state index in [1.54, 1.807) is 4.74 Å². The van der Waals surface area contributed by atoms with Crippen molar-refractivity contribution in [2.24, 2.45) is 0 Å². The molecule has 0 rings (SSSR count). The summed E-state index contributed by atoms with van der Waals surface area (Å²) >= 11 is 0. The number of carbonyl (C=O) groups is 1. The fraction of sp³-hybridized carbons (Fsp3) is 0.964. The highest BCUT2D eigenvalue weighted by Gasteiger charge is 2.99. The Labute approximate surface area is 445 Å². The highest BCUT2D eigenvalue weighted by atomic mass is 19.5. The van der Waals surface area contributed by atoms with Crippen LogP contribution in [0.5, 0.6) is 0 Å². The van der Waals surface area contributed by atoms with Crippen LogP contribution in [-0.4, -0.2) is 174 Å². The van der Waals surface area contributed by atoms with E-state index in [9.17, 15) is 251 Å². The van der Waals surface area contributed by atoms with Gasteiger partial charge in [-0.1, -0.05) is 0 Å². The zero-order valence-electron chi connectivity index (χ0n) is 38.2. The first-order valence-corrected chi connectivity index (χ1v) is 18.3. The minimum absolute atomic E-state index is 0.393. The van der Waals surface area contributed by atoms with Crippen LogP contribution in [0.15, 0.2) is 0 Å².